The molecule has 0 aliphatic carbocycles. The molecule has 0 fully saturated rings. The van der Waals surface area contributed by atoms with Crippen molar-refractivity contribution < 1.29 is 4.39 Å². The number of unbranched alkanes of at least 4 members (excludes halogenated alkanes) is 1. The Kier molecular flexibility index (Phi) is 3.18. The van der Waals surface area contributed by atoms with Crippen LogP contribution < -0.4 is 0 Å². The standard InChI is InChI=1S/C14H16FN/c1-3-4-5-11-12-8-10(2)6-7-14(12)16-9-13(11)15/h6-9H,3-5H2,1-2H3. The third kappa shape index (κ3) is 2.06. The number of halogens is 1. The van der Waals surface area contributed by atoms with Crippen LogP contribution >= 0.6 is 0 Å². The fourth-order valence-electron chi connectivity index (χ4n) is 1.94. The largest absolute Gasteiger partial charge is 0.253 e. The quantitative estimate of drug-likeness (QED) is 0.756. The molecule has 0 amide bonds. The summed E-state index contributed by atoms with van der Waals surface area (Å²) < 4.78 is 13.7. The van der Waals surface area contributed by atoms with Gasteiger partial charge in [0.05, 0.1) is 11.7 Å². The zero-order valence-electron chi connectivity index (χ0n) is 9.76. The highest BCUT2D eigenvalue weighted by Crippen LogP contribution is 2.22. The second kappa shape index (κ2) is 4.60. The molecule has 0 N–H and O–H groups in total. The Bertz CT molecular complexity index is 500. The fraction of sp³-hybridized carbons (Fsp3) is 0.357. The van der Waals surface area contributed by atoms with Crippen LogP contribution in [-0.4, -0.2) is 4.98 Å². The highest BCUT2D eigenvalue weighted by molar-refractivity contribution is 5.82. The van der Waals surface area contributed by atoms with Gasteiger partial charge in [-0.3, -0.25) is 4.98 Å². The van der Waals surface area contributed by atoms with E-state index in [-0.39, 0.29) is 5.82 Å². The summed E-state index contributed by atoms with van der Waals surface area (Å²) in [5.74, 6) is -0.174. The van der Waals surface area contributed by atoms with Gasteiger partial charge in [0, 0.05) is 5.39 Å². The molecule has 0 aliphatic rings. The SMILES string of the molecule is CCCCc1c(F)cnc2ccc(C)cc12. The Labute approximate surface area is 95.3 Å². The van der Waals surface area contributed by atoms with Crippen LogP contribution in [-0.2, 0) is 6.42 Å². The van der Waals surface area contributed by atoms with Gasteiger partial charge in [0.15, 0.2) is 0 Å². The normalized spacial score (nSPS) is 10.9. The number of hydrogen-bond donors (Lipinski definition) is 0. The van der Waals surface area contributed by atoms with E-state index in [1.807, 2.05) is 25.1 Å². The molecule has 0 radical (unpaired) electrons. The molecule has 84 valence electrons. The van der Waals surface area contributed by atoms with Crippen LogP contribution in [0.3, 0.4) is 0 Å². The Hall–Kier alpha value is -1.44. The van der Waals surface area contributed by atoms with Crippen LogP contribution in [0.5, 0.6) is 0 Å². The van der Waals surface area contributed by atoms with E-state index in [1.54, 1.807) is 0 Å². The van der Waals surface area contributed by atoms with Crippen molar-refractivity contribution in [2.24, 2.45) is 0 Å². The summed E-state index contributed by atoms with van der Waals surface area (Å²) in [7, 11) is 0. The summed E-state index contributed by atoms with van der Waals surface area (Å²) in [5, 5.41) is 0.966. The van der Waals surface area contributed by atoms with E-state index in [4.69, 9.17) is 0 Å². The number of hydrogen-bond acceptors (Lipinski definition) is 1. The first-order chi connectivity index (χ1) is 7.72. The molecular weight excluding hydrogens is 201 g/mol. The molecule has 0 atom stereocenters. The Morgan fingerprint density at radius 3 is 2.88 bits per heavy atom. The number of nitrogens with zero attached hydrogens (tertiary/aromatic N) is 1. The van der Waals surface area contributed by atoms with E-state index in [1.165, 1.54) is 6.20 Å². The van der Waals surface area contributed by atoms with E-state index in [9.17, 15) is 4.39 Å². The summed E-state index contributed by atoms with van der Waals surface area (Å²) in [6, 6.07) is 5.99. The number of rotatable bonds is 3. The lowest BCUT2D eigenvalue weighted by molar-refractivity contribution is 0.601. The van der Waals surface area contributed by atoms with Gasteiger partial charge in [0.25, 0.3) is 0 Å². The average Bonchev–Trinajstić information content (AvgIpc) is 2.28. The lowest BCUT2D eigenvalue weighted by Gasteiger charge is -2.07. The molecular formula is C14H16FN. The zero-order valence-corrected chi connectivity index (χ0v) is 9.76. The van der Waals surface area contributed by atoms with Gasteiger partial charge in [-0.25, -0.2) is 4.39 Å². The van der Waals surface area contributed by atoms with Crippen LogP contribution in [0, 0.1) is 12.7 Å². The van der Waals surface area contributed by atoms with Crippen LogP contribution in [0.2, 0.25) is 0 Å². The summed E-state index contributed by atoms with van der Waals surface area (Å²) >= 11 is 0. The minimum Gasteiger partial charge on any atom is -0.253 e. The smallest absolute Gasteiger partial charge is 0.145 e. The van der Waals surface area contributed by atoms with Gasteiger partial charge < -0.3 is 0 Å². The van der Waals surface area contributed by atoms with Gasteiger partial charge in [-0.15, -0.1) is 0 Å². The Balaban J connectivity index is 2.58. The van der Waals surface area contributed by atoms with Gasteiger partial charge in [0.2, 0.25) is 0 Å². The summed E-state index contributed by atoms with van der Waals surface area (Å²) in [4.78, 5) is 4.12. The van der Waals surface area contributed by atoms with Gasteiger partial charge in [-0.05, 0) is 37.5 Å². The minimum atomic E-state index is -0.174. The highest BCUT2D eigenvalue weighted by atomic mass is 19.1. The number of pyridine rings is 1. The van der Waals surface area contributed by atoms with Crippen molar-refractivity contribution in [3.8, 4) is 0 Å². The van der Waals surface area contributed by atoms with Gasteiger partial charge in [-0.1, -0.05) is 25.0 Å². The summed E-state index contributed by atoms with van der Waals surface area (Å²) in [5.41, 5.74) is 2.85. The van der Waals surface area contributed by atoms with Crippen LogP contribution in [0.4, 0.5) is 4.39 Å². The average molecular weight is 217 g/mol. The molecule has 1 aromatic heterocycles. The van der Waals surface area contributed by atoms with Crippen molar-refractivity contribution in [2.45, 2.75) is 33.1 Å². The third-order valence-electron chi connectivity index (χ3n) is 2.86. The number of fused-ring (bicyclic) bond motifs is 1. The molecule has 0 unspecified atom stereocenters. The van der Waals surface area contributed by atoms with E-state index in [2.05, 4.69) is 11.9 Å². The minimum absolute atomic E-state index is 0.174. The summed E-state index contributed by atoms with van der Waals surface area (Å²) in [6.45, 7) is 4.14. The fourth-order valence-corrected chi connectivity index (χ4v) is 1.94. The first-order valence-corrected chi connectivity index (χ1v) is 5.76. The Morgan fingerprint density at radius 1 is 1.31 bits per heavy atom. The van der Waals surface area contributed by atoms with Crippen molar-refractivity contribution in [3.63, 3.8) is 0 Å². The lowest BCUT2D eigenvalue weighted by Crippen LogP contribution is -1.95. The number of aryl methyl sites for hydroxylation is 2. The molecule has 1 nitrogen and oxygen atoms in total. The topological polar surface area (TPSA) is 12.9 Å². The van der Waals surface area contributed by atoms with E-state index >= 15 is 0 Å². The maximum Gasteiger partial charge on any atom is 0.145 e. The van der Waals surface area contributed by atoms with E-state index < -0.39 is 0 Å². The van der Waals surface area contributed by atoms with Crippen molar-refractivity contribution in [2.75, 3.05) is 0 Å². The van der Waals surface area contributed by atoms with Crippen molar-refractivity contribution in [1.29, 1.82) is 0 Å². The molecule has 0 saturated heterocycles. The van der Waals surface area contributed by atoms with Gasteiger partial charge >= 0.3 is 0 Å². The molecule has 0 aliphatic heterocycles. The second-order valence-corrected chi connectivity index (χ2v) is 4.21. The van der Waals surface area contributed by atoms with Crippen molar-refractivity contribution in [1.82, 2.24) is 4.98 Å². The predicted molar refractivity (Wildman–Crippen MR) is 65.1 cm³/mol. The predicted octanol–water partition coefficient (Wildman–Crippen LogP) is 4.02. The van der Waals surface area contributed by atoms with E-state index in [0.29, 0.717) is 0 Å². The molecule has 1 aromatic carbocycles. The molecule has 2 aromatic rings. The number of benzene rings is 1. The van der Waals surface area contributed by atoms with Crippen molar-refractivity contribution >= 4 is 10.9 Å². The summed E-state index contributed by atoms with van der Waals surface area (Å²) in [6.07, 6.45) is 4.23. The maximum absolute atomic E-state index is 13.7. The molecule has 0 bridgehead atoms. The maximum atomic E-state index is 13.7. The Morgan fingerprint density at radius 2 is 2.12 bits per heavy atom. The van der Waals surface area contributed by atoms with Gasteiger partial charge in [-0.2, -0.15) is 0 Å². The zero-order chi connectivity index (χ0) is 11.5. The van der Waals surface area contributed by atoms with Crippen LogP contribution in [0.1, 0.15) is 30.9 Å². The monoisotopic (exact) mass is 217 g/mol. The first-order valence-electron chi connectivity index (χ1n) is 5.76. The van der Waals surface area contributed by atoms with Crippen molar-refractivity contribution in [3.05, 3.63) is 41.3 Å². The highest BCUT2D eigenvalue weighted by Gasteiger charge is 2.08. The molecule has 16 heavy (non-hydrogen) atoms. The molecule has 2 rings (SSSR count). The van der Waals surface area contributed by atoms with E-state index in [0.717, 1.165) is 41.3 Å². The first kappa shape index (κ1) is 11.1. The lowest BCUT2D eigenvalue weighted by atomic mass is 10.0. The third-order valence-corrected chi connectivity index (χ3v) is 2.86. The van der Waals surface area contributed by atoms with Crippen LogP contribution in [0.15, 0.2) is 24.4 Å². The molecule has 2 heteroatoms. The van der Waals surface area contributed by atoms with Gasteiger partial charge in [0.1, 0.15) is 5.82 Å². The second-order valence-electron chi connectivity index (χ2n) is 4.21. The van der Waals surface area contributed by atoms with Crippen LogP contribution in [0.25, 0.3) is 10.9 Å². The molecule has 0 spiro atoms. The number of aromatic nitrogens is 1. The molecule has 1 heterocycles. The molecule has 0 saturated carbocycles.